The summed E-state index contributed by atoms with van der Waals surface area (Å²) in [6, 6.07) is 98.5. The van der Waals surface area contributed by atoms with Gasteiger partial charge in [0.2, 0.25) is 0 Å². The molecule has 0 N–H and O–H groups in total. The predicted octanol–water partition coefficient (Wildman–Crippen LogP) is 22.8. The highest BCUT2D eigenvalue weighted by atomic mass is 16.3. The lowest BCUT2D eigenvalue weighted by atomic mass is 9.65. The first kappa shape index (κ1) is 50.6. The first-order valence-electron chi connectivity index (χ1n) is 29.7. The molecular weight excluding hydrogens is 1030 g/mol. The first-order chi connectivity index (χ1) is 41.5. The summed E-state index contributed by atoms with van der Waals surface area (Å²) in [7, 11) is 0. The standard InChI is InChI=1S/C81H62N2O2/c1-79(2,3)68-39-21-35-62-64-37-23-41-70(77(64)84-75(62)68)82(54-29-15-9-16-30-54)56-44-47-58-51(49-56)43-46-66-72-60-34-20-19-33-59(60)67-50-57(45-48-61(67)74(72)81(73(58)66,52-25-11-7-12-26-52)53-27-13-8-14-28-53)83(55-31-17-10-18-32-55)71-42-24-38-65-63-36-22-40-69(80(4,5)6)76(63)85-78(65)71/h7-50H,1-6H3. The van der Waals surface area contributed by atoms with Gasteiger partial charge in [0.25, 0.3) is 0 Å². The molecule has 0 radical (unpaired) electrons. The van der Waals surface area contributed by atoms with E-state index in [2.05, 4.69) is 318 Å². The summed E-state index contributed by atoms with van der Waals surface area (Å²) in [6.07, 6.45) is 0. The molecule has 15 aromatic rings. The average molecular weight is 1100 g/mol. The molecule has 0 saturated heterocycles. The number of nitrogens with zero attached hydrogens (tertiary/aromatic N) is 2. The summed E-state index contributed by atoms with van der Waals surface area (Å²) in [5, 5.41) is 11.6. The van der Waals surface area contributed by atoms with Crippen molar-refractivity contribution in [1.29, 1.82) is 0 Å². The Morgan fingerprint density at radius 2 is 0.718 bits per heavy atom. The molecule has 408 valence electrons. The minimum atomic E-state index is -0.745. The van der Waals surface area contributed by atoms with Crippen LogP contribution in [0.1, 0.15) is 74.9 Å². The van der Waals surface area contributed by atoms with Crippen LogP contribution in [0.2, 0.25) is 0 Å². The number of fused-ring (bicyclic) bond motifs is 16. The third-order valence-electron chi connectivity index (χ3n) is 18.1. The molecule has 0 bridgehead atoms. The van der Waals surface area contributed by atoms with Gasteiger partial charge >= 0.3 is 0 Å². The summed E-state index contributed by atoms with van der Waals surface area (Å²) in [5.74, 6) is 0. The molecule has 2 aromatic heterocycles. The molecule has 0 aliphatic heterocycles. The molecule has 85 heavy (non-hydrogen) atoms. The SMILES string of the molecule is CC(C)(C)c1cccc2c1oc1c(N(c3ccccc3)c3ccc4c5c(ccc4c3)-c3c(c4ccc(N(c6ccccc6)c6cccc7c6oc6c(C(C)(C)C)cccc67)cc4c4ccccc34)C5(c3ccccc3)c3ccccc3)cccc12. The smallest absolute Gasteiger partial charge is 0.159 e. The minimum Gasteiger partial charge on any atom is -0.454 e. The second-order valence-corrected chi connectivity index (χ2v) is 25.1. The topological polar surface area (TPSA) is 32.8 Å². The highest BCUT2D eigenvalue weighted by molar-refractivity contribution is 6.22. The zero-order chi connectivity index (χ0) is 57.3. The summed E-state index contributed by atoms with van der Waals surface area (Å²) in [5.41, 5.74) is 18.7. The first-order valence-corrected chi connectivity index (χ1v) is 29.7. The van der Waals surface area contributed by atoms with E-state index in [0.717, 1.165) is 83.4 Å². The van der Waals surface area contributed by atoms with Crippen LogP contribution in [0.15, 0.2) is 276 Å². The third kappa shape index (κ3) is 7.61. The largest absolute Gasteiger partial charge is 0.454 e. The second-order valence-electron chi connectivity index (χ2n) is 25.1. The molecule has 0 unspecified atom stereocenters. The predicted molar refractivity (Wildman–Crippen MR) is 358 cm³/mol. The lowest BCUT2D eigenvalue weighted by Gasteiger charge is -2.36. The monoisotopic (exact) mass is 1090 g/mol. The van der Waals surface area contributed by atoms with Gasteiger partial charge in [0.05, 0.1) is 16.8 Å². The van der Waals surface area contributed by atoms with E-state index in [4.69, 9.17) is 8.83 Å². The van der Waals surface area contributed by atoms with Crippen LogP contribution < -0.4 is 9.80 Å². The third-order valence-corrected chi connectivity index (χ3v) is 18.1. The quantitative estimate of drug-likeness (QED) is 0.142. The van der Waals surface area contributed by atoms with Crippen molar-refractivity contribution in [3.63, 3.8) is 0 Å². The number of benzene rings is 13. The highest BCUT2D eigenvalue weighted by Crippen LogP contribution is 2.62. The van der Waals surface area contributed by atoms with Gasteiger partial charge in [-0.15, -0.1) is 0 Å². The Hall–Kier alpha value is -10.2. The van der Waals surface area contributed by atoms with Crippen LogP contribution >= 0.6 is 0 Å². The Bertz CT molecular complexity index is 5100. The van der Waals surface area contributed by atoms with Crippen LogP contribution in [0.25, 0.3) is 87.3 Å². The normalized spacial score (nSPS) is 13.2. The van der Waals surface area contributed by atoms with Gasteiger partial charge in [0, 0.05) is 55.4 Å². The van der Waals surface area contributed by atoms with Gasteiger partial charge in [0.15, 0.2) is 11.2 Å². The average Bonchev–Trinajstić information content (AvgIpc) is 1.54. The van der Waals surface area contributed by atoms with E-state index in [0.29, 0.717) is 0 Å². The van der Waals surface area contributed by atoms with Gasteiger partial charge in [-0.1, -0.05) is 248 Å². The van der Waals surface area contributed by atoms with Crippen LogP contribution in [0.3, 0.4) is 0 Å². The molecule has 1 aliphatic rings. The zero-order valence-electron chi connectivity index (χ0n) is 48.6. The molecule has 4 heteroatoms. The number of para-hydroxylation sites is 6. The Balaban J connectivity index is 0.954. The van der Waals surface area contributed by atoms with E-state index in [9.17, 15) is 0 Å². The Kier molecular flexibility index (Phi) is 11.3. The van der Waals surface area contributed by atoms with Crippen LogP contribution in [-0.4, -0.2) is 0 Å². The second kappa shape index (κ2) is 18.9. The van der Waals surface area contributed by atoms with Crippen molar-refractivity contribution in [2.24, 2.45) is 0 Å². The Morgan fingerprint density at radius 3 is 1.22 bits per heavy atom. The fourth-order valence-electron chi connectivity index (χ4n) is 14.5. The molecule has 0 spiro atoms. The maximum atomic E-state index is 7.14. The van der Waals surface area contributed by atoms with E-state index in [-0.39, 0.29) is 10.8 Å². The van der Waals surface area contributed by atoms with Gasteiger partial charge in [0.1, 0.15) is 11.2 Å². The van der Waals surface area contributed by atoms with Gasteiger partial charge in [-0.05, 0) is 137 Å². The van der Waals surface area contributed by atoms with Gasteiger partial charge < -0.3 is 18.6 Å². The maximum absolute atomic E-state index is 7.14. The van der Waals surface area contributed by atoms with Crippen molar-refractivity contribution in [1.82, 2.24) is 0 Å². The van der Waals surface area contributed by atoms with Crippen molar-refractivity contribution in [3.8, 4) is 11.1 Å². The van der Waals surface area contributed by atoms with Crippen molar-refractivity contribution >= 4 is 110 Å². The number of furan rings is 2. The molecule has 2 heterocycles. The van der Waals surface area contributed by atoms with Crippen LogP contribution in [0, 0.1) is 0 Å². The highest BCUT2D eigenvalue weighted by Gasteiger charge is 2.49. The van der Waals surface area contributed by atoms with Crippen molar-refractivity contribution in [2.75, 3.05) is 9.80 Å². The molecule has 0 atom stereocenters. The maximum Gasteiger partial charge on any atom is 0.159 e. The van der Waals surface area contributed by atoms with Crippen molar-refractivity contribution < 1.29 is 8.83 Å². The molecule has 0 fully saturated rings. The van der Waals surface area contributed by atoms with E-state index < -0.39 is 5.41 Å². The van der Waals surface area contributed by atoms with Crippen LogP contribution in [-0.2, 0) is 16.2 Å². The van der Waals surface area contributed by atoms with E-state index in [1.165, 1.54) is 71.4 Å². The molecular formula is C81H62N2O2. The summed E-state index contributed by atoms with van der Waals surface area (Å²) in [4.78, 5) is 4.76. The molecule has 4 nitrogen and oxygen atoms in total. The molecule has 13 aromatic carbocycles. The number of rotatable bonds is 8. The molecule has 0 saturated carbocycles. The zero-order valence-corrected chi connectivity index (χ0v) is 48.6. The number of anilines is 6. The molecule has 0 amide bonds. The van der Waals surface area contributed by atoms with E-state index in [1.54, 1.807) is 0 Å². The van der Waals surface area contributed by atoms with Crippen molar-refractivity contribution in [3.05, 3.63) is 300 Å². The fraction of sp³-hybridized carbons (Fsp3) is 0.111. The van der Waals surface area contributed by atoms with E-state index in [1.807, 2.05) is 0 Å². The number of hydrogen-bond donors (Lipinski definition) is 0. The fourth-order valence-corrected chi connectivity index (χ4v) is 14.5. The molecule has 1 aliphatic carbocycles. The lowest BCUT2D eigenvalue weighted by Crippen LogP contribution is -2.29. The Labute approximate surface area is 495 Å². The summed E-state index contributed by atoms with van der Waals surface area (Å²) >= 11 is 0. The van der Waals surface area contributed by atoms with E-state index >= 15 is 0 Å². The van der Waals surface area contributed by atoms with Crippen LogP contribution in [0.4, 0.5) is 34.1 Å². The van der Waals surface area contributed by atoms with Gasteiger partial charge in [-0.2, -0.15) is 0 Å². The molecule has 16 rings (SSSR count). The summed E-state index contributed by atoms with van der Waals surface area (Å²) in [6.45, 7) is 13.6. The van der Waals surface area contributed by atoms with Gasteiger partial charge in [-0.3, -0.25) is 0 Å². The minimum absolute atomic E-state index is 0.103. The van der Waals surface area contributed by atoms with Crippen molar-refractivity contribution in [2.45, 2.75) is 57.8 Å². The van der Waals surface area contributed by atoms with Crippen LogP contribution in [0.5, 0.6) is 0 Å². The number of hydrogen-bond acceptors (Lipinski definition) is 4. The Morgan fingerprint density at radius 1 is 0.294 bits per heavy atom. The van der Waals surface area contributed by atoms with Gasteiger partial charge in [-0.25, -0.2) is 0 Å². The summed E-state index contributed by atoms with van der Waals surface area (Å²) < 4.78 is 14.2. The lowest BCUT2D eigenvalue weighted by molar-refractivity contribution is 0.572.